The molecule has 0 saturated carbocycles. The van der Waals surface area contributed by atoms with Gasteiger partial charge in [0.1, 0.15) is 16.2 Å². The monoisotopic (exact) mass is 564 g/mol. The highest BCUT2D eigenvalue weighted by Gasteiger charge is 2.35. The van der Waals surface area contributed by atoms with Crippen molar-refractivity contribution >= 4 is 31.8 Å². The van der Waals surface area contributed by atoms with Gasteiger partial charge in [-0.2, -0.15) is 0 Å². The number of aromatic nitrogens is 6. The van der Waals surface area contributed by atoms with Gasteiger partial charge in [0.05, 0.1) is 47.2 Å². The van der Waals surface area contributed by atoms with Crippen molar-refractivity contribution in [2.24, 2.45) is 13.0 Å². The molecule has 1 aliphatic heterocycles. The van der Waals surface area contributed by atoms with Crippen molar-refractivity contribution in [1.82, 2.24) is 29.5 Å². The molecule has 5 heterocycles. The van der Waals surface area contributed by atoms with Crippen molar-refractivity contribution in [3.8, 4) is 17.1 Å². The molecule has 40 heavy (non-hydrogen) atoms. The number of fused-ring (bicyclic) bond motifs is 3. The quantitative estimate of drug-likeness (QED) is 0.301. The van der Waals surface area contributed by atoms with Gasteiger partial charge in [-0.3, -0.25) is 4.98 Å². The van der Waals surface area contributed by atoms with E-state index in [2.05, 4.69) is 15.3 Å². The Bertz CT molecular complexity index is 1840. The van der Waals surface area contributed by atoms with E-state index in [1.165, 1.54) is 19.4 Å². The number of nitrogens with zero attached hydrogens (tertiary/aromatic N) is 6. The second-order valence-electron chi connectivity index (χ2n) is 10.2. The molecule has 1 aliphatic rings. The summed E-state index contributed by atoms with van der Waals surface area (Å²) in [6.07, 6.45) is 5.51. The maximum absolute atomic E-state index is 15.6. The van der Waals surface area contributed by atoms with E-state index in [0.29, 0.717) is 53.6 Å². The Kier molecular flexibility index (Phi) is 6.54. The van der Waals surface area contributed by atoms with Crippen LogP contribution >= 0.6 is 0 Å². The van der Waals surface area contributed by atoms with Gasteiger partial charge in [0.25, 0.3) is 0 Å². The number of halogens is 1. The second-order valence-corrected chi connectivity index (χ2v) is 12.1. The van der Waals surface area contributed by atoms with Crippen LogP contribution in [0.2, 0.25) is 0 Å². The fourth-order valence-corrected chi connectivity index (χ4v) is 6.72. The lowest BCUT2D eigenvalue weighted by Crippen LogP contribution is -2.28. The Hall–Kier alpha value is -3.90. The van der Waals surface area contributed by atoms with Gasteiger partial charge in [-0.1, -0.05) is 23.4 Å². The molecular weight excluding hydrogens is 535 g/mol. The summed E-state index contributed by atoms with van der Waals surface area (Å²) in [7, 11) is -0.474. The summed E-state index contributed by atoms with van der Waals surface area (Å²) in [6, 6.07) is 8.03. The minimum absolute atomic E-state index is 0.0228. The number of methoxy groups -OCH3 is 1. The summed E-state index contributed by atoms with van der Waals surface area (Å²) in [6.45, 7) is 2.92. The molecular formula is C28H29FN6O4S. The maximum Gasteiger partial charge on any atom is 0.224 e. The first-order valence-electron chi connectivity index (χ1n) is 13.0. The van der Waals surface area contributed by atoms with E-state index in [1.807, 2.05) is 17.6 Å². The van der Waals surface area contributed by atoms with Crippen LogP contribution in [0.3, 0.4) is 0 Å². The highest BCUT2D eigenvalue weighted by Crippen LogP contribution is 2.45. The fraction of sp³-hybridized carbons (Fsp3) is 0.357. The normalized spacial score (nSPS) is 15.6. The Balaban J connectivity index is 1.81. The van der Waals surface area contributed by atoms with Crippen LogP contribution in [0.5, 0.6) is 5.88 Å². The zero-order chi connectivity index (χ0) is 28.2. The Morgan fingerprint density at radius 3 is 2.55 bits per heavy atom. The lowest BCUT2D eigenvalue weighted by atomic mass is 9.86. The van der Waals surface area contributed by atoms with Gasteiger partial charge in [-0.25, -0.2) is 22.5 Å². The van der Waals surface area contributed by atoms with Crippen LogP contribution < -0.4 is 4.74 Å². The van der Waals surface area contributed by atoms with E-state index in [0.717, 1.165) is 23.2 Å². The lowest BCUT2D eigenvalue weighted by molar-refractivity contribution is 0.0548. The molecule has 0 bridgehead atoms. The van der Waals surface area contributed by atoms with Crippen molar-refractivity contribution in [3.63, 3.8) is 0 Å². The predicted molar refractivity (Wildman–Crippen MR) is 148 cm³/mol. The Morgan fingerprint density at radius 2 is 1.90 bits per heavy atom. The predicted octanol–water partition coefficient (Wildman–Crippen LogP) is 4.26. The highest BCUT2D eigenvalue weighted by atomic mass is 32.2. The van der Waals surface area contributed by atoms with Crippen molar-refractivity contribution in [3.05, 3.63) is 59.8 Å². The standard InChI is InChI=1S/C28H29FN6O4S/c1-16-25(34(2)33-32-16)18-13-21-24(30-14-18)23-27(22(40(4,36)37)15-31-28(23)38-3)35(21)26(17-9-11-39-12-10-17)19-7-5-6-8-20(19)29/h5-8,13-15,17,26H,9-12H2,1-4H3/t26-/m0/s1. The number of benzene rings is 1. The molecule has 12 heteroatoms. The molecule has 1 fully saturated rings. The third kappa shape index (κ3) is 4.22. The van der Waals surface area contributed by atoms with E-state index >= 15 is 4.39 Å². The van der Waals surface area contributed by atoms with E-state index in [1.54, 1.807) is 36.1 Å². The van der Waals surface area contributed by atoms with Crippen molar-refractivity contribution in [2.75, 3.05) is 26.6 Å². The molecule has 0 spiro atoms. The van der Waals surface area contributed by atoms with Crippen LogP contribution in [0.25, 0.3) is 33.2 Å². The van der Waals surface area contributed by atoms with Crippen LogP contribution in [0.1, 0.15) is 30.1 Å². The molecule has 4 aromatic heterocycles. The average Bonchev–Trinajstić information content (AvgIpc) is 3.45. The molecule has 0 aliphatic carbocycles. The number of sulfone groups is 1. The van der Waals surface area contributed by atoms with Crippen LogP contribution in [0.15, 0.2) is 47.6 Å². The van der Waals surface area contributed by atoms with Crippen LogP contribution in [0.4, 0.5) is 4.39 Å². The Morgan fingerprint density at radius 1 is 1.15 bits per heavy atom. The van der Waals surface area contributed by atoms with Gasteiger partial charge in [0.15, 0.2) is 9.84 Å². The van der Waals surface area contributed by atoms with Crippen molar-refractivity contribution in [1.29, 1.82) is 0 Å². The molecule has 0 N–H and O–H groups in total. The molecule has 6 rings (SSSR count). The molecule has 5 aromatic rings. The Labute approximate surface area is 230 Å². The summed E-state index contributed by atoms with van der Waals surface area (Å²) in [5.74, 6) is -0.171. The summed E-state index contributed by atoms with van der Waals surface area (Å²) >= 11 is 0. The zero-order valence-electron chi connectivity index (χ0n) is 22.6. The van der Waals surface area contributed by atoms with E-state index < -0.39 is 15.9 Å². The minimum Gasteiger partial charge on any atom is -0.480 e. The smallest absolute Gasteiger partial charge is 0.224 e. The number of ether oxygens (including phenoxy) is 2. The molecule has 1 atom stereocenters. The number of pyridine rings is 2. The average molecular weight is 565 g/mol. The second kappa shape index (κ2) is 9.93. The summed E-state index contributed by atoms with van der Waals surface area (Å²) < 4.78 is 56.9. The largest absolute Gasteiger partial charge is 0.480 e. The molecule has 10 nitrogen and oxygen atoms in total. The fourth-order valence-electron chi connectivity index (χ4n) is 5.92. The molecule has 0 radical (unpaired) electrons. The van der Waals surface area contributed by atoms with E-state index in [-0.39, 0.29) is 22.5 Å². The SMILES string of the molecule is COc1ncc(S(C)(=O)=O)c2c1c1ncc(-c3c(C)nnn3C)cc1n2[C@H](c1ccccc1F)C1CCOCC1. The molecule has 0 unspecified atom stereocenters. The van der Waals surface area contributed by atoms with Crippen LogP contribution in [-0.2, 0) is 21.6 Å². The summed E-state index contributed by atoms with van der Waals surface area (Å²) in [4.78, 5) is 9.19. The van der Waals surface area contributed by atoms with Crippen LogP contribution in [-0.4, -0.2) is 64.5 Å². The minimum atomic E-state index is -3.76. The first-order chi connectivity index (χ1) is 19.2. The van der Waals surface area contributed by atoms with E-state index in [9.17, 15) is 8.42 Å². The third-order valence-electron chi connectivity index (χ3n) is 7.66. The van der Waals surface area contributed by atoms with E-state index in [4.69, 9.17) is 14.5 Å². The van der Waals surface area contributed by atoms with Crippen molar-refractivity contribution < 1.29 is 22.3 Å². The molecule has 0 amide bonds. The number of aryl methyl sites for hydroxylation is 2. The number of rotatable bonds is 6. The first-order valence-corrected chi connectivity index (χ1v) is 14.8. The van der Waals surface area contributed by atoms with Gasteiger partial charge in [0, 0.05) is 43.8 Å². The lowest BCUT2D eigenvalue weighted by Gasteiger charge is -2.33. The number of hydrogen-bond donors (Lipinski definition) is 0. The van der Waals surface area contributed by atoms with Gasteiger partial charge in [-0.15, -0.1) is 5.10 Å². The molecule has 208 valence electrons. The van der Waals surface area contributed by atoms with Crippen LogP contribution in [0, 0.1) is 18.7 Å². The maximum atomic E-state index is 15.6. The molecule has 1 saturated heterocycles. The third-order valence-corrected chi connectivity index (χ3v) is 8.76. The number of hydrogen-bond acceptors (Lipinski definition) is 8. The highest BCUT2D eigenvalue weighted by molar-refractivity contribution is 7.91. The summed E-state index contributed by atoms with van der Waals surface area (Å²) in [5, 5.41) is 8.78. The summed E-state index contributed by atoms with van der Waals surface area (Å²) in [5.41, 5.74) is 4.22. The zero-order valence-corrected chi connectivity index (χ0v) is 23.4. The van der Waals surface area contributed by atoms with Crippen molar-refractivity contribution in [2.45, 2.75) is 30.7 Å². The van der Waals surface area contributed by atoms with Gasteiger partial charge in [-0.05, 0) is 37.8 Å². The topological polar surface area (TPSA) is 114 Å². The molecule has 1 aromatic carbocycles. The van der Waals surface area contributed by atoms with Gasteiger partial charge < -0.3 is 14.0 Å². The first kappa shape index (κ1) is 26.3. The van der Waals surface area contributed by atoms with Gasteiger partial charge in [0.2, 0.25) is 5.88 Å². The van der Waals surface area contributed by atoms with Gasteiger partial charge >= 0.3 is 0 Å².